The molecule has 232 valence electrons. The first kappa shape index (κ1) is 32.7. The maximum absolute atomic E-state index is 14.8. The van der Waals surface area contributed by atoms with E-state index in [2.05, 4.69) is 0 Å². The molecule has 2 aliphatic rings. The van der Waals surface area contributed by atoms with Crippen molar-refractivity contribution in [1.82, 2.24) is 4.90 Å². The summed E-state index contributed by atoms with van der Waals surface area (Å²) >= 11 is 25.1. The van der Waals surface area contributed by atoms with Crippen LogP contribution in [-0.4, -0.2) is 77.6 Å². The van der Waals surface area contributed by atoms with E-state index in [1.54, 1.807) is 0 Å². The second-order valence-corrected chi connectivity index (χ2v) is 12.8. The number of amides is 2. The van der Waals surface area contributed by atoms with Gasteiger partial charge in [0.05, 0.1) is 30.6 Å². The highest BCUT2D eigenvalue weighted by Crippen LogP contribution is 2.43. The molecule has 16 heteroatoms. The monoisotopic (exact) mass is 692 g/mol. The molecule has 0 aromatic heterocycles. The van der Waals surface area contributed by atoms with Crippen molar-refractivity contribution in [2.45, 2.75) is 16.0 Å². The van der Waals surface area contributed by atoms with E-state index in [-0.39, 0.29) is 63.7 Å². The lowest BCUT2D eigenvalue weighted by Gasteiger charge is -2.38. The van der Waals surface area contributed by atoms with E-state index < -0.39 is 40.8 Å². The minimum atomic E-state index is -4.76. The van der Waals surface area contributed by atoms with Gasteiger partial charge in [0.25, 0.3) is 5.91 Å². The van der Waals surface area contributed by atoms with Gasteiger partial charge in [-0.2, -0.15) is 13.2 Å². The molecule has 0 radical (unpaired) electrons. The standard InChI is InChI=1S/C28H21BCl4F4N2O5/c30-20-6-4-16(25(41)38-12-17(13-38)43-9-8-40)10-18(20)15-5-7-22(23(11-15)44-14-27(35,36)37)39-26(42)24-19(2-1-3-21(24)34)29(39)28(31,32)33/h1-7,10-11,17,40H,8-9,12-14H2. The minimum Gasteiger partial charge on any atom is -0.482 e. The van der Waals surface area contributed by atoms with E-state index in [0.717, 1.165) is 10.9 Å². The molecule has 3 aromatic rings. The zero-order valence-electron chi connectivity index (χ0n) is 22.4. The second kappa shape index (κ2) is 12.6. The summed E-state index contributed by atoms with van der Waals surface area (Å²) in [5.41, 5.74) is 0.217. The van der Waals surface area contributed by atoms with Crippen LogP contribution in [0.3, 0.4) is 0 Å². The van der Waals surface area contributed by atoms with Crippen LogP contribution in [0.1, 0.15) is 20.7 Å². The lowest BCUT2D eigenvalue weighted by molar-refractivity contribution is -0.153. The molecule has 1 fully saturated rings. The van der Waals surface area contributed by atoms with Crippen LogP contribution in [-0.2, 0) is 4.74 Å². The first-order chi connectivity index (χ1) is 20.7. The molecule has 2 amide bonds. The van der Waals surface area contributed by atoms with E-state index >= 15 is 0 Å². The molecule has 0 saturated carbocycles. The molecule has 0 atom stereocenters. The van der Waals surface area contributed by atoms with Gasteiger partial charge in [0.1, 0.15) is 11.6 Å². The number of benzene rings is 3. The first-order valence-electron chi connectivity index (χ1n) is 13.0. The number of likely N-dealkylation sites (tertiary alicyclic amines) is 1. The number of halogens is 8. The quantitative estimate of drug-likeness (QED) is 0.187. The van der Waals surface area contributed by atoms with Gasteiger partial charge in [-0.3, -0.25) is 9.59 Å². The number of aliphatic hydroxyl groups is 1. The number of alkyl halides is 6. The fourth-order valence-corrected chi connectivity index (χ4v) is 5.96. The van der Waals surface area contributed by atoms with Gasteiger partial charge in [0.2, 0.25) is 5.91 Å². The smallest absolute Gasteiger partial charge is 0.422 e. The van der Waals surface area contributed by atoms with Crippen molar-refractivity contribution in [1.29, 1.82) is 0 Å². The Hall–Kier alpha value is -2.74. The Balaban J connectivity index is 1.53. The summed E-state index contributed by atoms with van der Waals surface area (Å²) in [6, 6.07) is 12.1. The van der Waals surface area contributed by atoms with Crippen molar-refractivity contribution in [2.24, 2.45) is 0 Å². The maximum atomic E-state index is 14.8. The van der Waals surface area contributed by atoms with Crippen LogP contribution in [0.5, 0.6) is 5.75 Å². The van der Waals surface area contributed by atoms with E-state index in [9.17, 15) is 27.2 Å². The fraction of sp³-hybridized carbons (Fsp3) is 0.286. The summed E-state index contributed by atoms with van der Waals surface area (Å²) in [5.74, 6) is -2.60. The van der Waals surface area contributed by atoms with Gasteiger partial charge in [0.15, 0.2) is 10.3 Å². The molecule has 0 bridgehead atoms. The second-order valence-electron chi connectivity index (χ2n) is 10.0. The highest BCUT2D eigenvalue weighted by atomic mass is 35.6. The molecule has 2 heterocycles. The minimum absolute atomic E-state index is 0.0325. The van der Waals surface area contributed by atoms with Crippen molar-refractivity contribution < 1.29 is 41.7 Å². The number of nitrogens with zero attached hydrogens (tertiary/aromatic N) is 2. The van der Waals surface area contributed by atoms with Crippen molar-refractivity contribution in [3.8, 4) is 16.9 Å². The highest BCUT2D eigenvalue weighted by molar-refractivity contribution is 7.05. The summed E-state index contributed by atoms with van der Waals surface area (Å²) in [6.07, 6.45) is -4.96. The molecule has 1 N–H and O–H groups in total. The van der Waals surface area contributed by atoms with Gasteiger partial charge < -0.3 is 24.3 Å². The predicted octanol–water partition coefficient (Wildman–Crippen LogP) is 5.69. The van der Waals surface area contributed by atoms with Crippen molar-refractivity contribution in [3.05, 3.63) is 76.6 Å². The zero-order valence-corrected chi connectivity index (χ0v) is 25.4. The molecule has 1 saturated heterocycles. The molecular weight excluding hydrogens is 673 g/mol. The zero-order chi connectivity index (χ0) is 32.0. The molecule has 2 aliphatic heterocycles. The van der Waals surface area contributed by atoms with Crippen LogP contribution < -0.4 is 15.0 Å². The molecular formula is C28H21BCl4F4N2O5. The van der Waals surface area contributed by atoms with Crippen LogP contribution in [0, 0.1) is 5.82 Å². The number of fused-ring (bicyclic) bond motifs is 1. The molecule has 0 aliphatic carbocycles. The van der Waals surface area contributed by atoms with Gasteiger partial charge in [0, 0.05) is 29.2 Å². The summed E-state index contributed by atoms with van der Waals surface area (Å²) < 4.78 is 63.0. The summed E-state index contributed by atoms with van der Waals surface area (Å²) in [5, 5.41) is 9.08. The van der Waals surface area contributed by atoms with Crippen LogP contribution in [0.4, 0.5) is 23.2 Å². The Morgan fingerprint density at radius 3 is 2.45 bits per heavy atom. The number of aliphatic hydroxyl groups excluding tert-OH is 1. The maximum Gasteiger partial charge on any atom is 0.422 e. The molecule has 0 spiro atoms. The number of anilines is 1. The number of carbonyl (C=O) groups is 2. The number of hydrogen-bond acceptors (Lipinski definition) is 5. The SMILES string of the molecule is O=C(c1ccc(Cl)c(-c2ccc(N3B(C(Cl)(Cl)Cl)c4cccc(F)c4C3=O)c(OCC(F)(F)F)c2)c1)N1CC(OCCO)C1. The van der Waals surface area contributed by atoms with E-state index in [1.807, 2.05) is 0 Å². The predicted molar refractivity (Wildman–Crippen MR) is 160 cm³/mol. The average Bonchev–Trinajstić information content (AvgIpc) is 3.24. The molecule has 44 heavy (non-hydrogen) atoms. The lowest BCUT2D eigenvalue weighted by atomic mass is 9.57. The van der Waals surface area contributed by atoms with Gasteiger partial charge in [-0.05, 0) is 47.4 Å². The van der Waals surface area contributed by atoms with Gasteiger partial charge >= 0.3 is 13.0 Å². The number of rotatable bonds is 8. The molecule has 0 unspecified atom stereocenters. The average molecular weight is 694 g/mol. The van der Waals surface area contributed by atoms with E-state index in [4.69, 9.17) is 61.0 Å². The normalized spacial score (nSPS) is 15.5. The highest BCUT2D eigenvalue weighted by Gasteiger charge is 2.54. The van der Waals surface area contributed by atoms with E-state index in [1.165, 1.54) is 53.4 Å². The Labute approximate surface area is 269 Å². The third-order valence-corrected chi connectivity index (χ3v) is 8.01. The summed E-state index contributed by atoms with van der Waals surface area (Å²) in [7, 11) is 0. The Bertz CT molecular complexity index is 1600. The first-order valence-corrected chi connectivity index (χ1v) is 14.5. The van der Waals surface area contributed by atoms with Crippen LogP contribution >= 0.6 is 46.4 Å². The van der Waals surface area contributed by atoms with Crippen molar-refractivity contribution in [2.75, 3.05) is 37.7 Å². The fourth-order valence-electron chi connectivity index (χ4n) is 5.09. The van der Waals surface area contributed by atoms with Crippen LogP contribution in [0.2, 0.25) is 5.02 Å². The van der Waals surface area contributed by atoms with Gasteiger partial charge in [-0.15, -0.1) is 0 Å². The summed E-state index contributed by atoms with van der Waals surface area (Å²) in [6.45, 7) is -2.49. The van der Waals surface area contributed by atoms with Crippen molar-refractivity contribution >= 4 is 76.2 Å². The Morgan fingerprint density at radius 2 is 1.80 bits per heavy atom. The number of ether oxygens (including phenoxy) is 2. The van der Waals surface area contributed by atoms with Crippen molar-refractivity contribution in [3.63, 3.8) is 0 Å². The Morgan fingerprint density at radius 1 is 1.07 bits per heavy atom. The van der Waals surface area contributed by atoms with Gasteiger partial charge in [-0.25, -0.2) is 4.39 Å². The van der Waals surface area contributed by atoms with E-state index in [0.29, 0.717) is 13.1 Å². The third kappa shape index (κ3) is 6.61. The third-order valence-electron chi connectivity index (χ3n) is 7.06. The summed E-state index contributed by atoms with van der Waals surface area (Å²) in [4.78, 5) is 29.0. The molecule has 5 rings (SSSR count). The van der Waals surface area contributed by atoms with Crippen LogP contribution in [0.15, 0.2) is 54.6 Å². The molecule has 7 nitrogen and oxygen atoms in total. The largest absolute Gasteiger partial charge is 0.482 e. The molecule has 3 aromatic carbocycles. The number of hydrogen-bond donors (Lipinski definition) is 1. The lowest BCUT2D eigenvalue weighted by Crippen LogP contribution is -2.54. The van der Waals surface area contributed by atoms with Crippen LogP contribution in [0.25, 0.3) is 11.1 Å². The number of carbonyl (C=O) groups excluding carboxylic acids is 2. The van der Waals surface area contributed by atoms with Gasteiger partial charge in [-0.1, -0.05) is 64.6 Å². The topological polar surface area (TPSA) is 79.3 Å². The Kier molecular flexibility index (Phi) is 9.33.